The van der Waals surface area contributed by atoms with Crippen LogP contribution in [0.1, 0.15) is 23.2 Å². The van der Waals surface area contributed by atoms with Gasteiger partial charge in [0.25, 0.3) is 5.91 Å². The molecule has 2 aromatic rings. The minimum atomic E-state index is -1.03. The van der Waals surface area contributed by atoms with Crippen LogP contribution in [-0.2, 0) is 0 Å². The molecule has 1 saturated heterocycles. The van der Waals surface area contributed by atoms with Crippen LogP contribution in [0.2, 0.25) is 0 Å². The zero-order valence-corrected chi connectivity index (χ0v) is 14.1. The zero-order valence-electron chi connectivity index (χ0n) is 14.1. The van der Waals surface area contributed by atoms with E-state index < -0.39 is 5.60 Å². The second-order valence-electron chi connectivity index (χ2n) is 6.06. The van der Waals surface area contributed by atoms with Crippen LogP contribution in [0.25, 0.3) is 0 Å². The molecule has 0 aromatic carbocycles. The van der Waals surface area contributed by atoms with E-state index >= 15 is 0 Å². The van der Waals surface area contributed by atoms with Gasteiger partial charge in [-0.3, -0.25) is 9.78 Å². The average molecular weight is 343 g/mol. The van der Waals surface area contributed by atoms with Gasteiger partial charge in [0.15, 0.2) is 0 Å². The summed E-state index contributed by atoms with van der Waals surface area (Å²) in [5.74, 6) is 0.660. The fourth-order valence-electron chi connectivity index (χ4n) is 2.97. The molecular formula is C17H21N5O3. The van der Waals surface area contributed by atoms with Crippen molar-refractivity contribution in [1.82, 2.24) is 20.3 Å². The Morgan fingerprint density at radius 2 is 2.28 bits per heavy atom. The van der Waals surface area contributed by atoms with E-state index in [0.717, 1.165) is 18.8 Å². The number of pyridine rings is 1. The lowest BCUT2D eigenvalue weighted by Gasteiger charge is -2.39. The van der Waals surface area contributed by atoms with Crippen LogP contribution in [-0.4, -0.2) is 58.3 Å². The van der Waals surface area contributed by atoms with Crippen molar-refractivity contribution in [2.24, 2.45) is 0 Å². The van der Waals surface area contributed by atoms with Gasteiger partial charge in [-0.1, -0.05) is 0 Å². The predicted molar refractivity (Wildman–Crippen MR) is 91.6 cm³/mol. The lowest BCUT2D eigenvalue weighted by atomic mass is 9.92. The van der Waals surface area contributed by atoms with Crippen molar-refractivity contribution < 1.29 is 14.6 Å². The minimum Gasteiger partial charge on any atom is -0.480 e. The summed E-state index contributed by atoms with van der Waals surface area (Å²) in [7, 11) is 1.46. The van der Waals surface area contributed by atoms with Gasteiger partial charge in [-0.15, -0.1) is 0 Å². The Labute approximate surface area is 145 Å². The van der Waals surface area contributed by atoms with E-state index in [-0.39, 0.29) is 18.3 Å². The molecule has 2 aromatic heterocycles. The minimum absolute atomic E-state index is 0.140. The van der Waals surface area contributed by atoms with E-state index in [4.69, 9.17) is 4.74 Å². The number of ether oxygens (including phenoxy) is 1. The van der Waals surface area contributed by atoms with Gasteiger partial charge < -0.3 is 20.1 Å². The molecule has 2 N–H and O–H groups in total. The van der Waals surface area contributed by atoms with Gasteiger partial charge in [0.05, 0.1) is 18.9 Å². The van der Waals surface area contributed by atoms with Crippen molar-refractivity contribution in [3.05, 3.63) is 42.5 Å². The van der Waals surface area contributed by atoms with Crippen LogP contribution in [0.4, 0.5) is 5.82 Å². The number of nitrogens with one attached hydrogen (secondary N) is 1. The number of nitrogens with zero attached hydrogens (tertiary/aromatic N) is 4. The molecule has 132 valence electrons. The molecule has 1 fully saturated rings. The van der Waals surface area contributed by atoms with Crippen LogP contribution in [0.5, 0.6) is 5.88 Å². The smallest absolute Gasteiger partial charge is 0.256 e. The number of hydrogen-bond acceptors (Lipinski definition) is 7. The van der Waals surface area contributed by atoms with Crippen LogP contribution in [0.3, 0.4) is 0 Å². The number of aliphatic hydroxyl groups is 1. The van der Waals surface area contributed by atoms with E-state index in [0.29, 0.717) is 18.5 Å². The third kappa shape index (κ3) is 4.03. The molecule has 1 aliphatic heterocycles. The Morgan fingerprint density at radius 3 is 3.04 bits per heavy atom. The summed E-state index contributed by atoms with van der Waals surface area (Å²) in [6.45, 7) is 1.32. The summed E-state index contributed by atoms with van der Waals surface area (Å²) in [6.07, 6.45) is 7.88. The van der Waals surface area contributed by atoms with Crippen LogP contribution in [0.15, 0.2) is 36.9 Å². The highest BCUT2D eigenvalue weighted by atomic mass is 16.5. The number of methoxy groups -OCH3 is 1. The van der Waals surface area contributed by atoms with Crippen molar-refractivity contribution in [2.45, 2.75) is 18.4 Å². The third-order valence-corrected chi connectivity index (χ3v) is 4.22. The van der Waals surface area contributed by atoms with Gasteiger partial charge in [0.2, 0.25) is 5.88 Å². The number of β-amino-alcohol motifs (C(OH)–C–C–N with tert-alkyl or cyclic N) is 1. The number of aromatic nitrogens is 3. The maximum Gasteiger partial charge on any atom is 0.256 e. The molecule has 1 atom stereocenters. The summed E-state index contributed by atoms with van der Waals surface area (Å²) >= 11 is 0. The number of piperidine rings is 1. The summed E-state index contributed by atoms with van der Waals surface area (Å²) in [5.41, 5.74) is -0.684. The summed E-state index contributed by atoms with van der Waals surface area (Å²) in [4.78, 5) is 26.7. The fraction of sp³-hybridized carbons (Fsp3) is 0.412. The van der Waals surface area contributed by atoms with Crippen molar-refractivity contribution in [2.75, 3.05) is 31.6 Å². The second-order valence-corrected chi connectivity index (χ2v) is 6.06. The molecule has 0 unspecified atom stereocenters. The first kappa shape index (κ1) is 17.1. The average Bonchev–Trinajstić information content (AvgIpc) is 2.67. The van der Waals surface area contributed by atoms with Crippen molar-refractivity contribution >= 4 is 11.7 Å². The SMILES string of the molecule is COc1ncccc1C(=O)NC[C@@]1(O)CCCN(c2cnccn2)C1. The van der Waals surface area contributed by atoms with Gasteiger partial charge >= 0.3 is 0 Å². The van der Waals surface area contributed by atoms with E-state index in [1.165, 1.54) is 7.11 Å². The molecule has 0 spiro atoms. The van der Waals surface area contributed by atoms with Crippen LogP contribution >= 0.6 is 0 Å². The number of carbonyl (C=O) groups is 1. The molecule has 25 heavy (non-hydrogen) atoms. The molecule has 0 radical (unpaired) electrons. The quantitative estimate of drug-likeness (QED) is 0.822. The molecule has 3 rings (SSSR count). The lowest BCUT2D eigenvalue weighted by Crippen LogP contribution is -2.54. The maximum absolute atomic E-state index is 12.4. The first-order valence-electron chi connectivity index (χ1n) is 8.12. The predicted octanol–water partition coefficient (Wildman–Crippen LogP) is 0.641. The third-order valence-electron chi connectivity index (χ3n) is 4.22. The van der Waals surface area contributed by atoms with E-state index in [9.17, 15) is 9.90 Å². The number of carbonyl (C=O) groups excluding carboxylic acids is 1. The molecule has 8 nitrogen and oxygen atoms in total. The summed E-state index contributed by atoms with van der Waals surface area (Å²) in [6, 6.07) is 3.31. The molecule has 0 bridgehead atoms. The van der Waals surface area contributed by atoms with Crippen LogP contribution in [0, 0.1) is 0 Å². The van der Waals surface area contributed by atoms with E-state index in [2.05, 4.69) is 20.3 Å². The normalized spacial score (nSPS) is 20.2. The van der Waals surface area contributed by atoms with Crippen molar-refractivity contribution in [3.63, 3.8) is 0 Å². The highest BCUT2D eigenvalue weighted by molar-refractivity contribution is 5.96. The topological polar surface area (TPSA) is 100 Å². The van der Waals surface area contributed by atoms with Gasteiger partial charge in [-0.05, 0) is 25.0 Å². The Hall–Kier alpha value is -2.74. The summed E-state index contributed by atoms with van der Waals surface area (Å²) in [5, 5.41) is 13.7. The van der Waals surface area contributed by atoms with Gasteiger partial charge in [0, 0.05) is 38.2 Å². The second kappa shape index (κ2) is 7.43. The maximum atomic E-state index is 12.4. The van der Waals surface area contributed by atoms with Gasteiger partial charge in [-0.25, -0.2) is 9.97 Å². The molecule has 1 amide bonds. The molecule has 3 heterocycles. The Bertz CT molecular complexity index is 727. The van der Waals surface area contributed by atoms with Gasteiger partial charge in [-0.2, -0.15) is 0 Å². The highest BCUT2D eigenvalue weighted by Crippen LogP contribution is 2.24. The molecule has 0 saturated carbocycles. The molecule has 0 aliphatic carbocycles. The van der Waals surface area contributed by atoms with E-state index in [1.54, 1.807) is 36.9 Å². The highest BCUT2D eigenvalue weighted by Gasteiger charge is 2.34. The fourth-order valence-corrected chi connectivity index (χ4v) is 2.97. The number of anilines is 1. The standard InChI is InChI=1S/C17H21N5O3/c1-25-16-13(4-2-6-20-16)15(23)21-11-17(24)5-3-9-22(12-17)14-10-18-7-8-19-14/h2,4,6-8,10,24H,3,5,9,11-12H2,1H3,(H,21,23)/t17-/m0/s1. The largest absolute Gasteiger partial charge is 0.480 e. The first-order valence-corrected chi connectivity index (χ1v) is 8.12. The number of amides is 1. The first-order chi connectivity index (χ1) is 12.1. The van der Waals surface area contributed by atoms with E-state index in [1.807, 2.05) is 4.90 Å². The molecular weight excluding hydrogens is 322 g/mol. The summed E-state index contributed by atoms with van der Waals surface area (Å²) < 4.78 is 5.10. The Balaban J connectivity index is 1.64. The molecule has 8 heteroatoms. The van der Waals surface area contributed by atoms with Crippen molar-refractivity contribution in [1.29, 1.82) is 0 Å². The van der Waals surface area contributed by atoms with Crippen molar-refractivity contribution in [3.8, 4) is 5.88 Å². The van der Waals surface area contributed by atoms with Gasteiger partial charge in [0.1, 0.15) is 11.4 Å². The molecule has 1 aliphatic rings. The lowest BCUT2D eigenvalue weighted by molar-refractivity contribution is 0.0254. The number of rotatable bonds is 5. The monoisotopic (exact) mass is 343 g/mol. The Morgan fingerprint density at radius 1 is 1.40 bits per heavy atom. The zero-order chi connectivity index (χ0) is 17.7. The van der Waals surface area contributed by atoms with Crippen LogP contribution < -0.4 is 15.0 Å². The Kier molecular flexibility index (Phi) is 5.08. The number of hydrogen-bond donors (Lipinski definition) is 2.